The molecule has 0 amide bonds. The van der Waals surface area contributed by atoms with Crippen LogP contribution >= 0.6 is 0 Å². The molecule has 2 atom stereocenters. The third-order valence-electron chi connectivity index (χ3n) is 2.83. The molecular formula is C11H13NO2. The van der Waals surface area contributed by atoms with Crippen LogP contribution in [-0.4, -0.2) is 25.3 Å². The lowest BCUT2D eigenvalue weighted by molar-refractivity contribution is 0.180. The number of hydrogen-bond donors (Lipinski definition) is 1. The highest BCUT2D eigenvalue weighted by molar-refractivity contribution is 5.40. The fraction of sp³-hybridized carbons (Fsp3) is 0.455. The lowest BCUT2D eigenvalue weighted by Crippen LogP contribution is -2.37. The van der Waals surface area contributed by atoms with Gasteiger partial charge in [-0.2, -0.15) is 0 Å². The average molecular weight is 191 g/mol. The monoisotopic (exact) mass is 191 g/mol. The van der Waals surface area contributed by atoms with Crippen LogP contribution in [0.15, 0.2) is 24.3 Å². The molecule has 0 radical (unpaired) electrons. The molecule has 0 aromatic heterocycles. The van der Waals surface area contributed by atoms with E-state index in [0.717, 1.165) is 24.5 Å². The summed E-state index contributed by atoms with van der Waals surface area (Å²) in [4.78, 5) is 0. The van der Waals surface area contributed by atoms with E-state index in [-0.39, 0.29) is 6.10 Å². The summed E-state index contributed by atoms with van der Waals surface area (Å²) < 4.78 is 11.6. The molecule has 1 aromatic carbocycles. The summed E-state index contributed by atoms with van der Waals surface area (Å²) in [5.74, 6) is 1.74. The maximum Gasteiger partial charge on any atom is 0.161 e. The van der Waals surface area contributed by atoms with Crippen LogP contribution in [0.2, 0.25) is 0 Å². The Morgan fingerprint density at radius 2 is 2.07 bits per heavy atom. The Kier molecular flexibility index (Phi) is 1.84. The Hall–Kier alpha value is -1.22. The number of para-hydroxylation sites is 2. The molecule has 3 nitrogen and oxygen atoms in total. The zero-order chi connectivity index (χ0) is 9.38. The van der Waals surface area contributed by atoms with Crippen molar-refractivity contribution in [2.75, 3.05) is 13.2 Å². The third-order valence-corrected chi connectivity index (χ3v) is 2.83. The molecule has 0 unspecified atom stereocenters. The number of hydrogen-bond acceptors (Lipinski definition) is 3. The maximum absolute atomic E-state index is 5.89. The molecule has 3 rings (SSSR count). The Morgan fingerprint density at radius 3 is 3.00 bits per heavy atom. The largest absolute Gasteiger partial charge is 0.488 e. The minimum atomic E-state index is 0.277. The van der Waals surface area contributed by atoms with Crippen molar-refractivity contribution in [3.05, 3.63) is 24.3 Å². The van der Waals surface area contributed by atoms with Crippen molar-refractivity contribution in [3.63, 3.8) is 0 Å². The van der Waals surface area contributed by atoms with E-state index in [2.05, 4.69) is 5.32 Å². The fourth-order valence-electron chi connectivity index (χ4n) is 2.06. The van der Waals surface area contributed by atoms with Gasteiger partial charge in [0.1, 0.15) is 12.7 Å². The first-order chi connectivity index (χ1) is 6.93. The predicted molar refractivity (Wildman–Crippen MR) is 52.8 cm³/mol. The number of benzene rings is 1. The quantitative estimate of drug-likeness (QED) is 0.668. The van der Waals surface area contributed by atoms with Gasteiger partial charge in [-0.15, -0.1) is 0 Å². The second-order valence-electron chi connectivity index (χ2n) is 3.76. The summed E-state index contributed by atoms with van der Waals surface area (Å²) in [7, 11) is 0. The molecule has 2 aliphatic heterocycles. The molecule has 74 valence electrons. The van der Waals surface area contributed by atoms with Gasteiger partial charge in [-0.05, 0) is 25.1 Å². The summed E-state index contributed by atoms with van der Waals surface area (Å²) in [5, 5.41) is 3.38. The number of rotatable bonds is 0. The Morgan fingerprint density at radius 1 is 1.21 bits per heavy atom. The SMILES string of the molecule is c1ccc2c(c1)OC[C@@H]1NCC[C@@H]1O2. The lowest BCUT2D eigenvalue weighted by Gasteiger charge is -2.15. The van der Waals surface area contributed by atoms with Crippen molar-refractivity contribution in [1.29, 1.82) is 0 Å². The summed E-state index contributed by atoms with van der Waals surface area (Å²) in [5.41, 5.74) is 0. The van der Waals surface area contributed by atoms with Crippen LogP contribution in [-0.2, 0) is 0 Å². The van der Waals surface area contributed by atoms with Crippen molar-refractivity contribution < 1.29 is 9.47 Å². The van der Waals surface area contributed by atoms with Gasteiger partial charge in [-0.3, -0.25) is 0 Å². The molecule has 3 heteroatoms. The summed E-state index contributed by atoms with van der Waals surface area (Å²) in [6.45, 7) is 1.74. The highest BCUT2D eigenvalue weighted by Crippen LogP contribution is 2.32. The molecule has 1 saturated heterocycles. The normalized spacial score (nSPS) is 29.4. The van der Waals surface area contributed by atoms with Gasteiger partial charge in [-0.1, -0.05) is 12.1 Å². The number of nitrogens with one attached hydrogen (secondary N) is 1. The summed E-state index contributed by atoms with van der Waals surface area (Å²) >= 11 is 0. The Balaban J connectivity index is 1.93. The van der Waals surface area contributed by atoms with Crippen LogP contribution in [0.5, 0.6) is 11.5 Å². The minimum absolute atomic E-state index is 0.277. The molecule has 0 bridgehead atoms. The van der Waals surface area contributed by atoms with Crippen LogP contribution in [0.25, 0.3) is 0 Å². The average Bonchev–Trinajstić information content (AvgIpc) is 2.58. The first-order valence-corrected chi connectivity index (χ1v) is 5.05. The topological polar surface area (TPSA) is 30.5 Å². The van der Waals surface area contributed by atoms with Gasteiger partial charge in [0.2, 0.25) is 0 Å². The maximum atomic E-state index is 5.89. The van der Waals surface area contributed by atoms with Gasteiger partial charge in [0.25, 0.3) is 0 Å². The van der Waals surface area contributed by atoms with Crippen molar-refractivity contribution in [2.24, 2.45) is 0 Å². The Labute approximate surface area is 83.0 Å². The van der Waals surface area contributed by atoms with Crippen LogP contribution < -0.4 is 14.8 Å². The van der Waals surface area contributed by atoms with E-state index < -0.39 is 0 Å². The molecule has 0 saturated carbocycles. The highest BCUT2D eigenvalue weighted by Gasteiger charge is 2.32. The van der Waals surface area contributed by atoms with Crippen molar-refractivity contribution >= 4 is 0 Å². The van der Waals surface area contributed by atoms with E-state index in [1.807, 2.05) is 24.3 Å². The van der Waals surface area contributed by atoms with Crippen LogP contribution in [0.4, 0.5) is 0 Å². The van der Waals surface area contributed by atoms with E-state index in [1.165, 1.54) is 0 Å². The molecule has 1 N–H and O–H groups in total. The van der Waals surface area contributed by atoms with Crippen molar-refractivity contribution in [2.45, 2.75) is 18.6 Å². The van der Waals surface area contributed by atoms with Crippen LogP contribution in [0.3, 0.4) is 0 Å². The van der Waals surface area contributed by atoms with Gasteiger partial charge in [-0.25, -0.2) is 0 Å². The van der Waals surface area contributed by atoms with E-state index in [1.54, 1.807) is 0 Å². The summed E-state index contributed by atoms with van der Waals surface area (Å²) in [6.07, 6.45) is 1.35. The molecule has 2 heterocycles. The lowest BCUT2D eigenvalue weighted by atomic mass is 10.2. The van der Waals surface area contributed by atoms with Crippen LogP contribution in [0, 0.1) is 0 Å². The van der Waals surface area contributed by atoms with Crippen molar-refractivity contribution in [1.82, 2.24) is 5.32 Å². The highest BCUT2D eigenvalue weighted by atomic mass is 16.5. The first kappa shape index (κ1) is 8.12. The molecule has 0 aliphatic carbocycles. The fourth-order valence-corrected chi connectivity index (χ4v) is 2.06. The summed E-state index contributed by atoms with van der Waals surface area (Å²) in [6, 6.07) is 8.22. The second-order valence-corrected chi connectivity index (χ2v) is 3.76. The molecular weight excluding hydrogens is 178 g/mol. The first-order valence-electron chi connectivity index (χ1n) is 5.05. The van der Waals surface area contributed by atoms with Gasteiger partial charge in [0, 0.05) is 0 Å². The molecule has 14 heavy (non-hydrogen) atoms. The third kappa shape index (κ3) is 1.24. The number of fused-ring (bicyclic) bond motifs is 2. The van der Waals surface area contributed by atoms with E-state index >= 15 is 0 Å². The van der Waals surface area contributed by atoms with Crippen molar-refractivity contribution in [3.8, 4) is 11.5 Å². The van der Waals surface area contributed by atoms with E-state index in [9.17, 15) is 0 Å². The predicted octanol–water partition coefficient (Wildman–Crippen LogP) is 1.19. The van der Waals surface area contributed by atoms with E-state index in [4.69, 9.17) is 9.47 Å². The molecule has 1 aromatic rings. The van der Waals surface area contributed by atoms with Gasteiger partial charge in [0.15, 0.2) is 11.5 Å². The standard InChI is InChI=1S/C11H13NO2/c1-2-4-11-10(3-1)13-7-8-9(14-11)5-6-12-8/h1-4,8-9,12H,5-7H2/t8-,9-/m0/s1. The minimum Gasteiger partial charge on any atom is -0.488 e. The van der Waals surface area contributed by atoms with Gasteiger partial charge < -0.3 is 14.8 Å². The smallest absolute Gasteiger partial charge is 0.161 e. The number of ether oxygens (including phenoxy) is 2. The zero-order valence-corrected chi connectivity index (χ0v) is 7.90. The zero-order valence-electron chi connectivity index (χ0n) is 7.90. The van der Waals surface area contributed by atoms with Gasteiger partial charge in [0.05, 0.1) is 6.04 Å². The van der Waals surface area contributed by atoms with E-state index in [0.29, 0.717) is 12.6 Å². The van der Waals surface area contributed by atoms with Gasteiger partial charge >= 0.3 is 0 Å². The second kappa shape index (κ2) is 3.17. The molecule has 1 fully saturated rings. The molecule has 0 spiro atoms. The van der Waals surface area contributed by atoms with Crippen LogP contribution in [0.1, 0.15) is 6.42 Å². The Bertz CT molecular complexity index is 340. The molecule has 2 aliphatic rings.